The molecule has 0 aliphatic heterocycles. The standard InChI is InChI=1S/C19H24F3N3O5/c1-5-8-9-30-19(27)12(10-23-24(6-2)7-3)18(26)13-14(20)11(4)15(21)16(22)17(13)25(28)29/h10,12H,5-9H2,1-4H3. The van der Waals surface area contributed by atoms with Gasteiger partial charge in [-0.1, -0.05) is 13.3 Å². The number of esters is 1. The number of nitro groups is 1. The third-order valence-electron chi connectivity index (χ3n) is 4.33. The van der Waals surface area contributed by atoms with E-state index in [-0.39, 0.29) is 6.61 Å². The van der Waals surface area contributed by atoms with Gasteiger partial charge in [0.25, 0.3) is 0 Å². The van der Waals surface area contributed by atoms with E-state index in [0.29, 0.717) is 25.9 Å². The van der Waals surface area contributed by atoms with Crippen molar-refractivity contribution in [1.82, 2.24) is 5.01 Å². The third-order valence-corrected chi connectivity index (χ3v) is 4.33. The molecule has 0 aliphatic carbocycles. The minimum Gasteiger partial charge on any atom is -0.465 e. The summed E-state index contributed by atoms with van der Waals surface area (Å²) in [5.74, 6) is -9.83. The molecule has 166 valence electrons. The van der Waals surface area contributed by atoms with E-state index >= 15 is 0 Å². The SMILES string of the molecule is CCCCOC(=O)C(C=NN(CC)CC)C(=O)c1c(F)c(C)c(F)c(F)c1[N+](=O)[O-]. The Labute approximate surface area is 171 Å². The number of ketones is 1. The van der Waals surface area contributed by atoms with Crippen molar-refractivity contribution in [1.29, 1.82) is 0 Å². The lowest BCUT2D eigenvalue weighted by Crippen LogP contribution is -2.31. The van der Waals surface area contributed by atoms with Gasteiger partial charge in [0.15, 0.2) is 17.5 Å². The number of carbonyl (C=O) groups excluding carboxylic acids is 2. The lowest BCUT2D eigenvalue weighted by atomic mass is 9.94. The normalized spacial score (nSPS) is 12.1. The Morgan fingerprint density at radius 3 is 2.27 bits per heavy atom. The van der Waals surface area contributed by atoms with Crippen molar-refractivity contribution in [3.05, 3.63) is 38.7 Å². The number of nitro benzene ring substituents is 1. The van der Waals surface area contributed by atoms with Crippen molar-refractivity contribution in [3.8, 4) is 0 Å². The number of ether oxygens (including phenoxy) is 1. The summed E-state index contributed by atoms with van der Waals surface area (Å²) in [7, 11) is 0. The molecule has 11 heteroatoms. The maximum atomic E-state index is 14.6. The first-order valence-corrected chi connectivity index (χ1v) is 9.43. The number of benzene rings is 1. The number of hydrazone groups is 1. The monoisotopic (exact) mass is 431 g/mol. The predicted octanol–water partition coefficient (Wildman–Crippen LogP) is 3.79. The quantitative estimate of drug-likeness (QED) is 0.0772. The highest BCUT2D eigenvalue weighted by Gasteiger charge is 2.39. The molecular weight excluding hydrogens is 407 g/mol. The highest BCUT2D eigenvalue weighted by atomic mass is 19.2. The number of rotatable bonds is 11. The fourth-order valence-electron chi connectivity index (χ4n) is 2.51. The number of carbonyl (C=O) groups is 2. The molecule has 0 fully saturated rings. The van der Waals surface area contributed by atoms with Crippen LogP contribution in [0.15, 0.2) is 5.10 Å². The highest BCUT2D eigenvalue weighted by molar-refractivity contribution is 6.20. The summed E-state index contributed by atoms with van der Waals surface area (Å²) in [6.45, 7) is 6.95. The Morgan fingerprint density at radius 2 is 1.77 bits per heavy atom. The van der Waals surface area contributed by atoms with Gasteiger partial charge in [0.1, 0.15) is 11.4 Å². The van der Waals surface area contributed by atoms with Crippen LogP contribution >= 0.6 is 0 Å². The summed E-state index contributed by atoms with van der Waals surface area (Å²) in [4.78, 5) is 35.2. The smallest absolute Gasteiger partial charge is 0.322 e. The summed E-state index contributed by atoms with van der Waals surface area (Å²) in [6.07, 6.45) is 2.03. The number of unbranched alkanes of at least 4 members (excludes halogenated alkanes) is 1. The Hall–Kier alpha value is -2.98. The minimum absolute atomic E-state index is 0.0421. The summed E-state index contributed by atoms with van der Waals surface area (Å²) in [5, 5.41) is 16.7. The van der Waals surface area contributed by atoms with Gasteiger partial charge in [-0.25, -0.2) is 8.78 Å². The minimum atomic E-state index is -1.99. The number of nitrogens with zero attached hydrogens (tertiary/aromatic N) is 3. The van der Waals surface area contributed by atoms with Crippen LogP contribution in [0, 0.1) is 40.4 Å². The predicted molar refractivity (Wildman–Crippen MR) is 103 cm³/mol. The molecule has 0 aromatic heterocycles. The van der Waals surface area contributed by atoms with Crippen LogP contribution in [0.4, 0.5) is 18.9 Å². The fourth-order valence-corrected chi connectivity index (χ4v) is 2.51. The fraction of sp³-hybridized carbons (Fsp3) is 0.526. The maximum absolute atomic E-state index is 14.6. The van der Waals surface area contributed by atoms with E-state index < -0.39 is 56.9 Å². The number of Topliss-reactive ketones (excluding diaryl/α,β-unsaturated/α-hetero) is 1. The van der Waals surface area contributed by atoms with Crippen molar-refractivity contribution in [3.63, 3.8) is 0 Å². The van der Waals surface area contributed by atoms with E-state index in [1.807, 2.05) is 6.92 Å². The summed E-state index contributed by atoms with van der Waals surface area (Å²) in [5.41, 5.74) is -3.93. The van der Waals surface area contributed by atoms with Crippen LogP contribution in [0.5, 0.6) is 0 Å². The first kappa shape index (κ1) is 25.1. The van der Waals surface area contributed by atoms with Gasteiger partial charge in [-0.3, -0.25) is 24.7 Å². The topological polar surface area (TPSA) is 102 Å². The van der Waals surface area contributed by atoms with Gasteiger partial charge in [0, 0.05) is 24.9 Å². The van der Waals surface area contributed by atoms with Crippen molar-refractivity contribution in [2.24, 2.45) is 11.0 Å². The van der Waals surface area contributed by atoms with E-state index in [2.05, 4.69) is 5.10 Å². The molecule has 1 rings (SSSR count). The van der Waals surface area contributed by atoms with Crippen molar-refractivity contribution in [2.75, 3.05) is 19.7 Å². The van der Waals surface area contributed by atoms with Gasteiger partial charge in [-0.15, -0.1) is 0 Å². The van der Waals surface area contributed by atoms with Gasteiger partial charge in [-0.2, -0.15) is 9.49 Å². The second kappa shape index (κ2) is 11.3. The van der Waals surface area contributed by atoms with Crippen LogP contribution in [0.25, 0.3) is 0 Å². The first-order valence-electron chi connectivity index (χ1n) is 9.43. The van der Waals surface area contributed by atoms with Gasteiger partial charge in [0.05, 0.1) is 11.5 Å². The third kappa shape index (κ3) is 5.55. The lowest BCUT2D eigenvalue weighted by Gasteiger charge is -2.17. The van der Waals surface area contributed by atoms with Gasteiger partial charge in [0.2, 0.25) is 5.82 Å². The van der Waals surface area contributed by atoms with Gasteiger partial charge in [-0.05, 0) is 27.2 Å². The molecule has 1 unspecified atom stereocenters. The molecule has 1 aromatic carbocycles. The van der Waals surface area contributed by atoms with E-state index in [4.69, 9.17) is 4.74 Å². The summed E-state index contributed by atoms with van der Waals surface area (Å²) in [6, 6.07) is 0. The van der Waals surface area contributed by atoms with E-state index in [1.54, 1.807) is 13.8 Å². The maximum Gasteiger partial charge on any atom is 0.322 e. The van der Waals surface area contributed by atoms with Crippen molar-refractivity contribution in [2.45, 2.75) is 40.5 Å². The van der Waals surface area contributed by atoms with Crippen LogP contribution in [-0.2, 0) is 9.53 Å². The Morgan fingerprint density at radius 1 is 1.17 bits per heavy atom. The van der Waals surface area contributed by atoms with Crippen LogP contribution in [0.1, 0.15) is 49.5 Å². The van der Waals surface area contributed by atoms with E-state index in [1.165, 1.54) is 5.01 Å². The number of halogens is 3. The van der Waals surface area contributed by atoms with Gasteiger partial charge < -0.3 is 4.74 Å². The second-order valence-corrected chi connectivity index (χ2v) is 6.31. The molecule has 0 spiro atoms. The average molecular weight is 431 g/mol. The van der Waals surface area contributed by atoms with Crippen LogP contribution < -0.4 is 0 Å². The average Bonchev–Trinajstić information content (AvgIpc) is 2.71. The van der Waals surface area contributed by atoms with Crippen molar-refractivity contribution < 1.29 is 32.4 Å². The molecule has 0 heterocycles. The molecule has 8 nitrogen and oxygen atoms in total. The molecule has 0 saturated carbocycles. The lowest BCUT2D eigenvalue weighted by molar-refractivity contribution is -0.388. The largest absolute Gasteiger partial charge is 0.465 e. The molecule has 0 bridgehead atoms. The van der Waals surface area contributed by atoms with Crippen LogP contribution in [0.3, 0.4) is 0 Å². The molecule has 1 aromatic rings. The summed E-state index contributed by atoms with van der Waals surface area (Å²) < 4.78 is 47.6. The Bertz CT molecular complexity index is 841. The molecule has 0 aliphatic rings. The van der Waals surface area contributed by atoms with Crippen molar-refractivity contribution >= 4 is 23.7 Å². The molecule has 30 heavy (non-hydrogen) atoms. The van der Waals surface area contributed by atoms with E-state index in [9.17, 15) is 32.9 Å². The molecule has 0 amide bonds. The highest BCUT2D eigenvalue weighted by Crippen LogP contribution is 2.32. The second-order valence-electron chi connectivity index (χ2n) is 6.31. The first-order chi connectivity index (χ1) is 14.1. The molecule has 0 N–H and O–H groups in total. The number of hydrogen-bond acceptors (Lipinski definition) is 7. The molecule has 1 atom stereocenters. The zero-order chi connectivity index (χ0) is 23.0. The van der Waals surface area contributed by atoms with Crippen LogP contribution in [-0.4, -0.2) is 47.6 Å². The van der Waals surface area contributed by atoms with Crippen LogP contribution in [0.2, 0.25) is 0 Å². The van der Waals surface area contributed by atoms with Gasteiger partial charge >= 0.3 is 11.7 Å². The summed E-state index contributed by atoms with van der Waals surface area (Å²) >= 11 is 0. The zero-order valence-corrected chi connectivity index (χ0v) is 17.2. The Balaban J connectivity index is 3.56. The molecular formula is C19H24F3N3O5. The van der Waals surface area contributed by atoms with E-state index in [0.717, 1.165) is 13.1 Å². The Kier molecular flexibility index (Phi) is 9.41. The zero-order valence-electron chi connectivity index (χ0n) is 17.2. The molecule has 0 radical (unpaired) electrons. The molecule has 0 saturated heterocycles. The number of hydrogen-bond donors (Lipinski definition) is 0.